The van der Waals surface area contributed by atoms with E-state index in [0.717, 1.165) is 0 Å². The fraction of sp³-hybridized carbons (Fsp3) is 0.500. The van der Waals surface area contributed by atoms with E-state index in [9.17, 15) is 9.59 Å². The molecule has 0 aromatic heterocycles. The second kappa shape index (κ2) is 4.61. The quantitative estimate of drug-likeness (QED) is 0.544. The smallest absolute Gasteiger partial charge is 0.333 e. The highest BCUT2D eigenvalue weighted by atomic mass is 16.4. The van der Waals surface area contributed by atoms with Gasteiger partial charge in [0, 0.05) is 0 Å². The summed E-state index contributed by atoms with van der Waals surface area (Å²) in [5, 5.41) is 25.9. The lowest BCUT2D eigenvalue weighted by Crippen LogP contribution is -2.33. The first-order valence-corrected chi connectivity index (χ1v) is 3.65. The van der Waals surface area contributed by atoms with Crippen LogP contribution in [0.2, 0.25) is 0 Å². The summed E-state index contributed by atoms with van der Waals surface area (Å²) < 4.78 is 0. The molecular weight excluding hydrogens is 176 g/mol. The van der Waals surface area contributed by atoms with Gasteiger partial charge in [-0.2, -0.15) is 0 Å². The van der Waals surface area contributed by atoms with E-state index in [1.807, 2.05) is 0 Å². The molecule has 0 saturated heterocycles. The van der Waals surface area contributed by atoms with Crippen LogP contribution in [-0.2, 0) is 9.59 Å². The molecule has 0 aromatic rings. The van der Waals surface area contributed by atoms with Gasteiger partial charge < -0.3 is 15.3 Å². The predicted molar refractivity (Wildman–Crippen MR) is 44.2 cm³/mol. The summed E-state index contributed by atoms with van der Waals surface area (Å²) in [6.07, 6.45) is -0.686. The Labute approximate surface area is 75.3 Å². The Morgan fingerprint density at radius 1 is 1.15 bits per heavy atom. The van der Waals surface area contributed by atoms with Crippen molar-refractivity contribution < 1.29 is 24.9 Å². The van der Waals surface area contributed by atoms with Gasteiger partial charge in [-0.05, 0) is 13.8 Å². The average molecular weight is 188 g/mol. The first-order valence-electron chi connectivity index (χ1n) is 3.65. The highest BCUT2D eigenvalue weighted by Crippen LogP contribution is 2.09. The summed E-state index contributed by atoms with van der Waals surface area (Å²) in [6.45, 7) is 3.26. The molecule has 0 saturated carbocycles. The van der Waals surface area contributed by atoms with Gasteiger partial charge in [0.15, 0.2) is 6.10 Å². The number of hydrogen-bond acceptors (Lipinski definition) is 3. The highest BCUT2D eigenvalue weighted by molar-refractivity contribution is 5.83. The Kier molecular flexibility index (Phi) is 4.13. The molecule has 0 aliphatic heterocycles. The number of carbonyl (C=O) groups is 2. The molecule has 0 spiro atoms. The Hall–Kier alpha value is -1.36. The fourth-order valence-electron chi connectivity index (χ4n) is 0.810. The third-order valence-corrected chi connectivity index (χ3v) is 1.39. The van der Waals surface area contributed by atoms with Gasteiger partial charge in [-0.15, -0.1) is 0 Å². The third kappa shape index (κ3) is 3.71. The van der Waals surface area contributed by atoms with Gasteiger partial charge in [0.25, 0.3) is 0 Å². The van der Waals surface area contributed by atoms with Crippen LogP contribution in [0.1, 0.15) is 13.8 Å². The summed E-state index contributed by atoms with van der Waals surface area (Å²) in [5.41, 5.74) is 0.646. The van der Waals surface area contributed by atoms with Crippen LogP contribution < -0.4 is 0 Å². The van der Waals surface area contributed by atoms with Crippen molar-refractivity contribution in [2.24, 2.45) is 5.92 Å². The number of carboxylic acids is 2. The van der Waals surface area contributed by atoms with Crippen molar-refractivity contribution in [3.8, 4) is 0 Å². The summed E-state index contributed by atoms with van der Waals surface area (Å²) in [5.74, 6) is -4.27. The van der Waals surface area contributed by atoms with E-state index < -0.39 is 24.0 Å². The zero-order chi connectivity index (χ0) is 10.6. The first kappa shape index (κ1) is 11.6. The van der Waals surface area contributed by atoms with Crippen molar-refractivity contribution in [3.63, 3.8) is 0 Å². The Balaban J connectivity index is 4.72. The largest absolute Gasteiger partial charge is 0.481 e. The molecule has 0 rings (SSSR count). The van der Waals surface area contributed by atoms with E-state index >= 15 is 0 Å². The third-order valence-electron chi connectivity index (χ3n) is 1.39. The molecule has 3 N–H and O–H groups in total. The van der Waals surface area contributed by atoms with Crippen molar-refractivity contribution in [2.45, 2.75) is 20.0 Å². The molecule has 0 bridgehead atoms. The van der Waals surface area contributed by atoms with Gasteiger partial charge in [0.2, 0.25) is 0 Å². The number of allylic oxidation sites excluding steroid dienone is 1. The molecule has 0 fully saturated rings. The van der Waals surface area contributed by atoms with Gasteiger partial charge in [-0.1, -0.05) is 11.6 Å². The zero-order valence-electron chi connectivity index (χ0n) is 7.39. The summed E-state index contributed by atoms with van der Waals surface area (Å²) in [4.78, 5) is 20.8. The van der Waals surface area contributed by atoms with Gasteiger partial charge in [-0.25, -0.2) is 4.79 Å². The Morgan fingerprint density at radius 3 is 1.85 bits per heavy atom. The van der Waals surface area contributed by atoms with E-state index in [4.69, 9.17) is 15.3 Å². The number of aliphatic carboxylic acids is 2. The van der Waals surface area contributed by atoms with Crippen LogP contribution in [-0.4, -0.2) is 33.4 Å². The maximum Gasteiger partial charge on any atom is 0.333 e. The minimum absolute atomic E-state index is 0.646. The molecule has 0 radical (unpaired) electrons. The SMILES string of the molecule is CC(C)=C[C@@H](C(=O)O)[C@H](O)C(=O)O. The summed E-state index contributed by atoms with van der Waals surface area (Å²) in [7, 11) is 0. The Morgan fingerprint density at radius 2 is 1.62 bits per heavy atom. The number of aliphatic hydroxyl groups excluding tert-OH is 1. The van der Waals surface area contributed by atoms with Crippen molar-refractivity contribution >= 4 is 11.9 Å². The van der Waals surface area contributed by atoms with Crippen molar-refractivity contribution in [1.82, 2.24) is 0 Å². The number of aliphatic hydroxyl groups is 1. The second-order valence-corrected chi connectivity index (χ2v) is 2.89. The topological polar surface area (TPSA) is 94.8 Å². The van der Waals surface area contributed by atoms with Gasteiger partial charge in [-0.3, -0.25) is 4.79 Å². The van der Waals surface area contributed by atoms with Crippen LogP contribution in [0.25, 0.3) is 0 Å². The lowest BCUT2D eigenvalue weighted by molar-refractivity contribution is -0.157. The van der Waals surface area contributed by atoms with Gasteiger partial charge >= 0.3 is 11.9 Å². The molecule has 0 aromatic carbocycles. The highest BCUT2D eigenvalue weighted by Gasteiger charge is 2.29. The summed E-state index contributed by atoms with van der Waals surface area (Å²) >= 11 is 0. The molecule has 2 atom stereocenters. The molecule has 0 aliphatic rings. The van der Waals surface area contributed by atoms with Crippen LogP contribution >= 0.6 is 0 Å². The fourth-order valence-corrected chi connectivity index (χ4v) is 0.810. The zero-order valence-corrected chi connectivity index (χ0v) is 7.39. The number of carboxylic acid groups (broad SMARTS) is 2. The van der Waals surface area contributed by atoms with E-state index in [-0.39, 0.29) is 0 Å². The normalized spacial score (nSPS) is 14.4. The summed E-state index contributed by atoms with van der Waals surface area (Å²) in [6, 6.07) is 0. The number of rotatable bonds is 4. The van der Waals surface area contributed by atoms with E-state index in [1.165, 1.54) is 6.08 Å². The first-order chi connectivity index (χ1) is 5.86. The predicted octanol–water partition coefficient (Wildman–Crippen LogP) is 0.0989. The molecule has 5 heteroatoms. The maximum atomic E-state index is 10.5. The van der Waals surface area contributed by atoms with E-state index in [1.54, 1.807) is 13.8 Å². The molecule has 5 nitrogen and oxygen atoms in total. The van der Waals surface area contributed by atoms with Crippen LogP contribution in [0.5, 0.6) is 0 Å². The molecule has 0 unspecified atom stereocenters. The van der Waals surface area contributed by atoms with Crippen LogP contribution in [0.3, 0.4) is 0 Å². The van der Waals surface area contributed by atoms with E-state index in [0.29, 0.717) is 5.57 Å². The molecular formula is C8H12O5. The molecule has 13 heavy (non-hydrogen) atoms. The average Bonchev–Trinajstić information content (AvgIpc) is 1.97. The molecule has 0 heterocycles. The van der Waals surface area contributed by atoms with Crippen LogP contribution in [0.4, 0.5) is 0 Å². The minimum Gasteiger partial charge on any atom is -0.481 e. The minimum atomic E-state index is -1.90. The van der Waals surface area contributed by atoms with Gasteiger partial charge in [0.1, 0.15) is 5.92 Å². The molecule has 74 valence electrons. The Bertz CT molecular complexity index is 239. The van der Waals surface area contributed by atoms with Crippen molar-refractivity contribution in [2.75, 3.05) is 0 Å². The second-order valence-electron chi connectivity index (χ2n) is 2.89. The monoisotopic (exact) mass is 188 g/mol. The van der Waals surface area contributed by atoms with Crippen LogP contribution in [0, 0.1) is 5.92 Å². The van der Waals surface area contributed by atoms with E-state index in [2.05, 4.69) is 0 Å². The van der Waals surface area contributed by atoms with Crippen LogP contribution in [0.15, 0.2) is 11.6 Å². The lowest BCUT2D eigenvalue weighted by atomic mass is 10.0. The van der Waals surface area contributed by atoms with Crippen molar-refractivity contribution in [1.29, 1.82) is 0 Å². The number of hydrogen-bond donors (Lipinski definition) is 3. The standard InChI is InChI=1S/C8H12O5/c1-4(2)3-5(7(10)11)6(9)8(12)13/h3,5-6,9H,1-2H3,(H,10,11)(H,12,13)/t5-,6+/m1/s1. The maximum absolute atomic E-state index is 10.5. The molecule has 0 aliphatic carbocycles. The van der Waals surface area contributed by atoms with Crippen molar-refractivity contribution in [3.05, 3.63) is 11.6 Å². The molecule has 0 amide bonds. The van der Waals surface area contributed by atoms with Gasteiger partial charge in [0.05, 0.1) is 0 Å². The lowest BCUT2D eigenvalue weighted by Gasteiger charge is -2.11.